The summed E-state index contributed by atoms with van der Waals surface area (Å²) in [5.74, 6) is 0. The van der Waals surface area contributed by atoms with Gasteiger partial charge < -0.3 is 4.42 Å². The molecule has 1 aromatic heterocycles. The first-order chi connectivity index (χ1) is 28.1. The Balaban J connectivity index is 1.30. The molecule has 9 rings (SSSR count). The second-order valence-electron chi connectivity index (χ2n) is 10.6. The van der Waals surface area contributed by atoms with Gasteiger partial charge >= 0.3 is 0 Å². The van der Waals surface area contributed by atoms with E-state index in [9.17, 15) is 1.37 Å². The van der Waals surface area contributed by atoms with E-state index in [4.69, 9.17) is 22.2 Å². The van der Waals surface area contributed by atoms with Crippen molar-refractivity contribution in [3.05, 3.63) is 170 Å². The minimum atomic E-state index is -0.639. The molecule has 1 heterocycles. The largest absolute Gasteiger partial charge is 0.456 e. The third-order valence-electron chi connectivity index (χ3n) is 8.11. The Labute approximate surface area is 281 Å². The highest BCUT2D eigenvalue weighted by atomic mass is 16.3. The van der Waals surface area contributed by atoms with Crippen LogP contribution in [0.5, 0.6) is 0 Å². The third kappa shape index (κ3) is 4.24. The Kier molecular flexibility index (Phi) is 3.50. The van der Waals surface area contributed by atoms with Gasteiger partial charge in [0.15, 0.2) is 0 Å². The fourth-order valence-electron chi connectivity index (χ4n) is 6.16. The molecule has 0 atom stereocenters. The molecule has 0 saturated carbocycles. The Bertz CT molecular complexity index is 3220. The van der Waals surface area contributed by atoms with Gasteiger partial charge in [-0.25, -0.2) is 0 Å². The lowest BCUT2D eigenvalue weighted by Gasteiger charge is -2.18. The van der Waals surface area contributed by atoms with Crippen LogP contribution in [0.15, 0.2) is 174 Å². The maximum absolute atomic E-state index is 9.51. The smallest absolute Gasteiger partial charge is 0.136 e. The lowest BCUT2D eigenvalue weighted by molar-refractivity contribution is 0.669. The summed E-state index contributed by atoms with van der Waals surface area (Å²) in [5.41, 5.74) is 2.80. The van der Waals surface area contributed by atoms with Crippen LogP contribution in [0, 0.1) is 0 Å². The number of rotatable bonds is 4. The first-order valence-electron chi connectivity index (χ1n) is 21.3. The van der Waals surface area contributed by atoms with Crippen LogP contribution in [-0.2, 0) is 0 Å². The van der Waals surface area contributed by atoms with Gasteiger partial charge in [-0.05, 0) is 96.4 Å². The van der Waals surface area contributed by atoms with Crippen LogP contribution in [0.2, 0.25) is 0 Å². The summed E-state index contributed by atoms with van der Waals surface area (Å²) in [4.78, 5) is 0. The van der Waals surface area contributed by atoms with Crippen molar-refractivity contribution in [1.29, 1.82) is 0 Å². The Morgan fingerprint density at radius 2 is 0.889 bits per heavy atom. The standard InChI is InChI=1S/C44H28O/c1-3-12-29(13-4-1)31-16-11-17-33(26-31)43-36-18-7-9-20-38(36)44(39-21-10-8-19-37(39)43)34-23-25-41-40(27-34)35-24-22-32(28-42(35)45-41)30-14-5-2-6-15-30/h1-28H/i1D,2D,3D,4D,5D,6D,11D,12D,13D,14D,15D,16D,17D,26D. The number of fused-ring (bicyclic) bond motifs is 5. The van der Waals surface area contributed by atoms with Crippen molar-refractivity contribution in [3.63, 3.8) is 0 Å². The Hall–Kier alpha value is -5.92. The first-order valence-corrected chi connectivity index (χ1v) is 14.3. The molecule has 0 radical (unpaired) electrons. The molecule has 1 heteroatoms. The van der Waals surface area contributed by atoms with Gasteiger partial charge in [0.25, 0.3) is 0 Å². The monoisotopic (exact) mass is 586 g/mol. The molecule has 9 aromatic rings. The summed E-state index contributed by atoms with van der Waals surface area (Å²) >= 11 is 0. The molecule has 0 unspecified atom stereocenters. The van der Waals surface area contributed by atoms with Gasteiger partial charge in [-0.1, -0.05) is 139 Å². The van der Waals surface area contributed by atoms with Crippen LogP contribution in [0.1, 0.15) is 19.2 Å². The minimum Gasteiger partial charge on any atom is -0.456 e. The minimum absolute atomic E-state index is 0.0158. The molecule has 0 spiro atoms. The predicted octanol–water partition coefficient (Wildman–Crippen LogP) is 12.6. The summed E-state index contributed by atoms with van der Waals surface area (Å²) in [6.45, 7) is 0. The average molecular weight is 587 g/mol. The van der Waals surface area contributed by atoms with Crippen molar-refractivity contribution in [1.82, 2.24) is 0 Å². The van der Waals surface area contributed by atoms with Crippen molar-refractivity contribution < 1.29 is 23.6 Å². The average Bonchev–Trinajstić information content (AvgIpc) is 3.61. The molecule has 0 amide bonds. The van der Waals surface area contributed by atoms with Gasteiger partial charge in [0.05, 0.1) is 19.2 Å². The van der Waals surface area contributed by atoms with Gasteiger partial charge in [-0.3, -0.25) is 0 Å². The van der Waals surface area contributed by atoms with Gasteiger partial charge in [0.2, 0.25) is 0 Å². The van der Waals surface area contributed by atoms with Crippen molar-refractivity contribution in [3.8, 4) is 44.5 Å². The van der Waals surface area contributed by atoms with E-state index in [2.05, 4.69) is 0 Å². The molecule has 0 N–H and O–H groups in total. The molecule has 0 saturated heterocycles. The van der Waals surface area contributed by atoms with E-state index in [0.29, 0.717) is 33.1 Å². The number of hydrogen-bond acceptors (Lipinski definition) is 1. The highest BCUT2D eigenvalue weighted by Gasteiger charge is 2.18. The molecule has 0 aliphatic heterocycles. The lowest BCUT2D eigenvalue weighted by atomic mass is 9.85. The van der Waals surface area contributed by atoms with Gasteiger partial charge in [-0.15, -0.1) is 0 Å². The van der Waals surface area contributed by atoms with Crippen molar-refractivity contribution in [2.24, 2.45) is 0 Å². The fraction of sp³-hybridized carbons (Fsp3) is 0. The maximum atomic E-state index is 9.51. The molecular formula is C44H28O. The van der Waals surface area contributed by atoms with Crippen LogP contribution in [0.25, 0.3) is 88.0 Å². The van der Waals surface area contributed by atoms with Crippen molar-refractivity contribution in [2.45, 2.75) is 0 Å². The van der Waals surface area contributed by atoms with Crippen molar-refractivity contribution in [2.75, 3.05) is 0 Å². The van der Waals surface area contributed by atoms with Crippen LogP contribution in [-0.4, -0.2) is 0 Å². The zero-order valence-corrected chi connectivity index (χ0v) is 23.5. The molecule has 0 aliphatic carbocycles. The van der Waals surface area contributed by atoms with E-state index in [1.807, 2.05) is 66.7 Å². The highest BCUT2D eigenvalue weighted by molar-refractivity contribution is 6.22. The molecule has 45 heavy (non-hydrogen) atoms. The van der Waals surface area contributed by atoms with E-state index in [1.165, 1.54) is 0 Å². The summed E-state index contributed by atoms with van der Waals surface area (Å²) in [6.07, 6.45) is 0. The fourth-order valence-corrected chi connectivity index (χ4v) is 6.16. The number of furan rings is 1. The van der Waals surface area contributed by atoms with E-state index < -0.39 is 72.5 Å². The molecule has 8 aromatic carbocycles. The quantitative estimate of drug-likeness (QED) is 0.187. The summed E-state index contributed by atoms with van der Waals surface area (Å²) in [6, 6.07) is 18.7. The molecule has 0 fully saturated rings. The van der Waals surface area contributed by atoms with E-state index in [0.717, 1.165) is 32.7 Å². The van der Waals surface area contributed by atoms with Gasteiger partial charge in [0, 0.05) is 10.8 Å². The lowest BCUT2D eigenvalue weighted by Crippen LogP contribution is -1.91. The SMILES string of the molecule is [2H]c1c([2H])c([2H])c(-c2ccc3c(c2)oc2ccc(-c4c5ccccc5c(-c5c([2H])c([2H])c([2H])c(-c6c([2H])c([2H])c([2H])c([2H])c6[2H])c5[2H])c5ccccc45)cc23)c([2H])c1[2H]. The predicted molar refractivity (Wildman–Crippen MR) is 190 cm³/mol. The zero-order chi connectivity index (χ0) is 41.9. The molecule has 0 aliphatic rings. The normalized spacial score (nSPS) is 15.9. The van der Waals surface area contributed by atoms with Crippen LogP contribution >= 0.6 is 0 Å². The Morgan fingerprint density at radius 3 is 1.53 bits per heavy atom. The third-order valence-corrected chi connectivity index (χ3v) is 8.11. The van der Waals surface area contributed by atoms with Crippen LogP contribution in [0.3, 0.4) is 0 Å². The van der Waals surface area contributed by atoms with E-state index in [-0.39, 0.29) is 34.3 Å². The summed E-state index contributed by atoms with van der Waals surface area (Å²) in [5, 5.41) is 4.21. The molecular weight excluding hydrogens is 544 g/mol. The topological polar surface area (TPSA) is 13.1 Å². The second kappa shape index (κ2) is 10.4. The zero-order valence-electron chi connectivity index (χ0n) is 37.5. The maximum Gasteiger partial charge on any atom is 0.136 e. The highest BCUT2D eigenvalue weighted by Crippen LogP contribution is 2.45. The number of hydrogen-bond donors (Lipinski definition) is 0. The summed E-state index contributed by atoms with van der Waals surface area (Å²) < 4.78 is 126. The molecule has 0 bridgehead atoms. The van der Waals surface area contributed by atoms with E-state index in [1.54, 1.807) is 18.2 Å². The van der Waals surface area contributed by atoms with Crippen LogP contribution < -0.4 is 0 Å². The van der Waals surface area contributed by atoms with Gasteiger partial charge in [0.1, 0.15) is 11.2 Å². The van der Waals surface area contributed by atoms with Crippen LogP contribution in [0.4, 0.5) is 0 Å². The first kappa shape index (κ1) is 15.2. The molecule has 210 valence electrons. The molecule has 1 nitrogen and oxygen atoms in total. The second-order valence-corrected chi connectivity index (χ2v) is 10.6. The van der Waals surface area contributed by atoms with Gasteiger partial charge in [-0.2, -0.15) is 0 Å². The van der Waals surface area contributed by atoms with E-state index >= 15 is 0 Å². The van der Waals surface area contributed by atoms with Crippen molar-refractivity contribution >= 4 is 43.5 Å². The summed E-state index contributed by atoms with van der Waals surface area (Å²) in [7, 11) is 0. The Morgan fingerprint density at radius 1 is 0.356 bits per heavy atom. The number of benzene rings is 8.